The summed E-state index contributed by atoms with van der Waals surface area (Å²) in [5.74, 6) is -4.62. The fourth-order valence-corrected chi connectivity index (χ4v) is 1.75. The first kappa shape index (κ1) is 16.1. The van der Waals surface area contributed by atoms with Crippen LogP contribution in [0, 0.1) is 40.1 Å². The van der Waals surface area contributed by atoms with Crippen molar-refractivity contribution in [1.82, 2.24) is 0 Å². The first-order valence-electron chi connectivity index (χ1n) is 6.42. The van der Waals surface area contributed by atoms with Crippen LogP contribution in [0.3, 0.4) is 0 Å². The van der Waals surface area contributed by atoms with Crippen LogP contribution >= 0.6 is 0 Å². The fraction of sp³-hybridized carbons (Fsp3) is 0.0588. The molecule has 6 heteroatoms. The highest BCUT2D eigenvalue weighted by Crippen LogP contribution is 2.22. The molecule has 0 fully saturated rings. The normalized spacial score (nSPS) is 9.61. The van der Waals surface area contributed by atoms with Crippen molar-refractivity contribution in [3.05, 3.63) is 70.5 Å². The van der Waals surface area contributed by atoms with E-state index in [1.807, 2.05) is 0 Å². The summed E-state index contributed by atoms with van der Waals surface area (Å²) in [6.07, 6.45) is 1.42. The molecule has 2 rings (SSSR count). The number of benzene rings is 2. The molecule has 2 aromatic rings. The molecule has 0 aliphatic heterocycles. The van der Waals surface area contributed by atoms with Crippen molar-refractivity contribution in [2.45, 2.75) is 6.61 Å². The molecule has 0 atom stereocenters. The minimum absolute atomic E-state index is 0.0298. The van der Waals surface area contributed by atoms with Gasteiger partial charge in [0.2, 0.25) is 5.82 Å². The Labute approximate surface area is 130 Å². The average Bonchev–Trinajstić information content (AvgIpc) is 2.58. The van der Waals surface area contributed by atoms with E-state index in [9.17, 15) is 13.2 Å². The van der Waals surface area contributed by atoms with Crippen LogP contribution in [0.2, 0.25) is 0 Å². The van der Waals surface area contributed by atoms with Gasteiger partial charge in [-0.2, -0.15) is 14.9 Å². The summed E-state index contributed by atoms with van der Waals surface area (Å²) in [6.45, 7) is -0.0463. The van der Waals surface area contributed by atoms with Gasteiger partial charge in [-0.15, -0.1) is 0 Å². The fourth-order valence-electron chi connectivity index (χ4n) is 1.75. The highest BCUT2D eigenvalue weighted by atomic mass is 19.2. The molecule has 0 spiro atoms. The monoisotopic (exact) mass is 314 g/mol. The van der Waals surface area contributed by atoms with Crippen LogP contribution in [-0.2, 0) is 6.61 Å². The van der Waals surface area contributed by atoms with E-state index in [1.54, 1.807) is 36.4 Å². The second-order valence-corrected chi connectivity index (χ2v) is 4.49. The van der Waals surface area contributed by atoms with Gasteiger partial charge in [-0.3, -0.25) is 0 Å². The molecule has 3 nitrogen and oxygen atoms in total. The van der Waals surface area contributed by atoms with Crippen molar-refractivity contribution in [1.29, 1.82) is 10.5 Å². The first-order valence-corrected chi connectivity index (χ1v) is 6.42. The average molecular weight is 314 g/mol. The summed E-state index contributed by atoms with van der Waals surface area (Å²) in [5, 5.41) is 17.3. The summed E-state index contributed by atoms with van der Waals surface area (Å²) in [6, 6.07) is 11.9. The van der Waals surface area contributed by atoms with E-state index in [0.29, 0.717) is 11.1 Å². The number of ether oxygens (including phenoxy) is 1. The molecule has 0 aromatic heterocycles. The Kier molecular flexibility index (Phi) is 5.01. The SMILES string of the molecule is N#CC(C#N)=Cc1ccc(COc2ccc(F)c(F)c2F)cc1. The van der Waals surface area contributed by atoms with Gasteiger partial charge in [-0.25, -0.2) is 8.78 Å². The Morgan fingerprint density at radius 3 is 2.22 bits per heavy atom. The molecule has 0 heterocycles. The van der Waals surface area contributed by atoms with Gasteiger partial charge in [-0.05, 0) is 29.3 Å². The Balaban J connectivity index is 2.08. The molecule has 114 valence electrons. The predicted molar refractivity (Wildman–Crippen MR) is 76.3 cm³/mol. The van der Waals surface area contributed by atoms with Crippen molar-refractivity contribution in [3.63, 3.8) is 0 Å². The van der Waals surface area contributed by atoms with Gasteiger partial charge in [0, 0.05) is 0 Å². The number of hydrogen-bond donors (Lipinski definition) is 0. The highest BCUT2D eigenvalue weighted by Gasteiger charge is 2.14. The van der Waals surface area contributed by atoms with Gasteiger partial charge in [0.05, 0.1) is 0 Å². The van der Waals surface area contributed by atoms with Crippen LogP contribution in [0.25, 0.3) is 6.08 Å². The predicted octanol–water partition coefficient (Wildman–Crippen LogP) is 4.11. The molecular weight excluding hydrogens is 305 g/mol. The lowest BCUT2D eigenvalue weighted by Gasteiger charge is -2.08. The minimum atomic E-state index is -1.58. The van der Waals surface area contributed by atoms with E-state index in [-0.39, 0.29) is 17.9 Å². The molecule has 0 aliphatic carbocycles. The summed E-state index contributed by atoms with van der Waals surface area (Å²) < 4.78 is 44.4. The third-order valence-corrected chi connectivity index (χ3v) is 2.93. The lowest BCUT2D eigenvalue weighted by molar-refractivity contribution is 0.281. The molecule has 0 N–H and O–H groups in total. The van der Waals surface area contributed by atoms with Crippen LogP contribution in [0.5, 0.6) is 5.75 Å². The molecule has 0 unspecified atom stereocenters. The number of rotatable bonds is 4. The van der Waals surface area contributed by atoms with Gasteiger partial charge in [0.15, 0.2) is 17.4 Å². The number of nitrogens with zero attached hydrogens (tertiary/aromatic N) is 2. The number of halogens is 3. The first-order chi connectivity index (χ1) is 11.0. The summed E-state index contributed by atoms with van der Waals surface area (Å²) in [5.41, 5.74) is 1.27. The largest absolute Gasteiger partial charge is 0.486 e. The molecule has 0 saturated carbocycles. The van der Waals surface area contributed by atoms with Crippen molar-refractivity contribution >= 4 is 6.08 Å². The summed E-state index contributed by atoms with van der Waals surface area (Å²) >= 11 is 0. The highest BCUT2D eigenvalue weighted by molar-refractivity contribution is 5.61. The molecule has 0 bridgehead atoms. The zero-order valence-corrected chi connectivity index (χ0v) is 11.7. The zero-order valence-electron chi connectivity index (χ0n) is 11.7. The Morgan fingerprint density at radius 2 is 1.61 bits per heavy atom. The molecule has 0 radical (unpaired) electrons. The second kappa shape index (κ2) is 7.15. The Hall–Kier alpha value is -3.25. The van der Waals surface area contributed by atoms with Crippen molar-refractivity contribution in [2.24, 2.45) is 0 Å². The van der Waals surface area contributed by atoms with Gasteiger partial charge in [-0.1, -0.05) is 24.3 Å². The molecule has 2 aromatic carbocycles. The summed E-state index contributed by atoms with van der Waals surface area (Å²) in [4.78, 5) is 0. The van der Waals surface area contributed by atoms with E-state index >= 15 is 0 Å². The van der Waals surface area contributed by atoms with E-state index in [0.717, 1.165) is 12.1 Å². The van der Waals surface area contributed by atoms with Crippen LogP contribution in [-0.4, -0.2) is 0 Å². The molecular formula is C17H9F3N2O. The molecule has 0 saturated heterocycles. The maximum atomic E-state index is 13.4. The third-order valence-electron chi connectivity index (χ3n) is 2.93. The second-order valence-electron chi connectivity index (χ2n) is 4.49. The molecule has 23 heavy (non-hydrogen) atoms. The number of hydrogen-bond acceptors (Lipinski definition) is 3. The van der Waals surface area contributed by atoms with Gasteiger partial charge >= 0.3 is 0 Å². The van der Waals surface area contributed by atoms with Gasteiger partial charge in [0.1, 0.15) is 24.3 Å². The minimum Gasteiger partial charge on any atom is -0.486 e. The summed E-state index contributed by atoms with van der Waals surface area (Å²) in [7, 11) is 0. The lowest BCUT2D eigenvalue weighted by Crippen LogP contribution is -2.00. The van der Waals surface area contributed by atoms with Crippen molar-refractivity contribution in [2.75, 3.05) is 0 Å². The van der Waals surface area contributed by atoms with Crippen molar-refractivity contribution in [3.8, 4) is 17.9 Å². The van der Waals surface area contributed by atoms with Crippen LogP contribution in [0.4, 0.5) is 13.2 Å². The van der Waals surface area contributed by atoms with Crippen molar-refractivity contribution < 1.29 is 17.9 Å². The van der Waals surface area contributed by atoms with E-state index < -0.39 is 17.5 Å². The molecule has 0 aliphatic rings. The number of allylic oxidation sites excluding steroid dienone is 1. The van der Waals surface area contributed by atoms with E-state index in [4.69, 9.17) is 15.3 Å². The Bertz CT molecular complexity index is 815. The smallest absolute Gasteiger partial charge is 0.203 e. The maximum Gasteiger partial charge on any atom is 0.203 e. The lowest BCUT2D eigenvalue weighted by atomic mass is 10.1. The van der Waals surface area contributed by atoms with Crippen LogP contribution in [0.15, 0.2) is 42.0 Å². The maximum absolute atomic E-state index is 13.4. The van der Waals surface area contributed by atoms with Gasteiger partial charge < -0.3 is 4.74 Å². The quantitative estimate of drug-likeness (QED) is 0.630. The number of nitriles is 2. The zero-order chi connectivity index (χ0) is 16.8. The standard InChI is InChI=1S/C17H9F3N2O/c18-14-5-6-15(17(20)16(14)19)23-10-12-3-1-11(2-4-12)7-13(8-21)9-22/h1-7H,10H2. The van der Waals surface area contributed by atoms with E-state index in [1.165, 1.54) is 6.08 Å². The topological polar surface area (TPSA) is 56.8 Å². The van der Waals surface area contributed by atoms with E-state index in [2.05, 4.69) is 0 Å². The van der Waals surface area contributed by atoms with Crippen LogP contribution < -0.4 is 4.74 Å². The Morgan fingerprint density at radius 1 is 0.957 bits per heavy atom. The third kappa shape index (κ3) is 3.90. The van der Waals surface area contributed by atoms with Gasteiger partial charge in [0.25, 0.3) is 0 Å². The van der Waals surface area contributed by atoms with Crippen LogP contribution in [0.1, 0.15) is 11.1 Å². The molecule has 0 amide bonds.